The summed E-state index contributed by atoms with van der Waals surface area (Å²) in [6, 6.07) is 0.00370. The van der Waals surface area contributed by atoms with Crippen molar-refractivity contribution in [3.8, 4) is 0 Å². The Kier molecular flexibility index (Phi) is 9.13. The summed E-state index contributed by atoms with van der Waals surface area (Å²) in [5.41, 5.74) is 0. The molecule has 0 radical (unpaired) electrons. The fraction of sp³-hybridized carbons (Fsp3) is 0.933. The van der Waals surface area contributed by atoms with Gasteiger partial charge in [0.05, 0.1) is 11.5 Å². The Balaban J connectivity index is 0.00000264. The number of rotatable bonds is 5. The normalized spacial score (nSPS) is 25.8. The third-order valence-electron chi connectivity index (χ3n) is 4.80. The molecule has 2 N–H and O–H groups in total. The zero-order chi connectivity index (χ0) is 16.0. The quantitative estimate of drug-likeness (QED) is 0.367. The van der Waals surface area contributed by atoms with E-state index in [0.717, 1.165) is 31.4 Å². The van der Waals surface area contributed by atoms with E-state index in [1.165, 1.54) is 25.9 Å². The van der Waals surface area contributed by atoms with Crippen molar-refractivity contribution in [2.45, 2.75) is 38.6 Å². The number of piperidine rings is 1. The van der Waals surface area contributed by atoms with Crippen LogP contribution in [0.2, 0.25) is 0 Å². The summed E-state index contributed by atoms with van der Waals surface area (Å²) in [5.74, 6) is 2.04. The van der Waals surface area contributed by atoms with Gasteiger partial charge in [0.15, 0.2) is 15.8 Å². The van der Waals surface area contributed by atoms with Crippen molar-refractivity contribution < 1.29 is 8.42 Å². The fourth-order valence-electron chi connectivity index (χ4n) is 3.28. The third kappa shape index (κ3) is 7.13. The lowest BCUT2D eigenvalue weighted by Gasteiger charge is -2.31. The second-order valence-electron chi connectivity index (χ2n) is 6.41. The highest BCUT2D eigenvalue weighted by Gasteiger charge is 2.28. The number of nitrogens with one attached hydrogen (secondary N) is 2. The van der Waals surface area contributed by atoms with Gasteiger partial charge in [-0.1, -0.05) is 6.92 Å². The number of aliphatic imine (C=N–C) groups is 1. The smallest absolute Gasteiger partial charge is 0.191 e. The summed E-state index contributed by atoms with van der Waals surface area (Å²) in [6.45, 7) is 6.71. The molecule has 2 aliphatic heterocycles. The molecule has 0 amide bonds. The molecule has 0 aliphatic carbocycles. The van der Waals surface area contributed by atoms with Gasteiger partial charge in [0.25, 0.3) is 0 Å². The lowest BCUT2D eigenvalue weighted by Crippen LogP contribution is -2.44. The monoisotopic (exact) mass is 458 g/mol. The lowest BCUT2D eigenvalue weighted by molar-refractivity contribution is 0.187. The Morgan fingerprint density at radius 3 is 2.48 bits per heavy atom. The van der Waals surface area contributed by atoms with E-state index in [-0.39, 0.29) is 41.5 Å². The van der Waals surface area contributed by atoms with E-state index < -0.39 is 9.84 Å². The summed E-state index contributed by atoms with van der Waals surface area (Å²) >= 11 is 0. The van der Waals surface area contributed by atoms with Gasteiger partial charge in [0.1, 0.15) is 0 Å². The van der Waals surface area contributed by atoms with E-state index in [0.29, 0.717) is 6.42 Å². The van der Waals surface area contributed by atoms with Gasteiger partial charge in [-0.15, -0.1) is 24.0 Å². The van der Waals surface area contributed by atoms with Gasteiger partial charge in [-0.2, -0.15) is 0 Å². The van der Waals surface area contributed by atoms with Crippen LogP contribution in [-0.4, -0.2) is 70.1 Å². The van der Waals surface area contributed by atoms with Gasteiger partial charge < -0.3 is 15.5 Å². The van der Waals surface area contributed by atoms with Crippen LogP contribution in [0.5, 0.6) is 0 Å². The van der Waals surface area contributed by atoms with Crippen LogP contribution in [-0.2, 0) is 9.84 Å². The topological polar surface area (TPSA) is 73.8 Å². The van der Waals surface area contributed by atoms with Gasteiger partial charge >= 0.3 is 0 Å². The molecule has 6 nitrogen and oxygen atoms in total. The predicted molar refractivity (Wildman–Crippen MR) is 106 cm³/mol. The van der Waals surface area contributed by atoms with E-state index in [2.05, 4.69) is 27.4 Å². The van der Waals surface area contributed by atoms with Crippen molar-refractivity contribution >= 4 is 39.8 Å². The van der Waals surface area contributed by atoms with Crippen molar-refractivity contribution in [3.05, 3.63) is 0 Å². The summed E-state index contributed by atoms with van der Waals surface area (Å²) in [5, 5.41) is 6.55. The molecule has 136 valence electrons. The van der Waals surface area contributed by atoms with E-state index in [9.17, 15) is 8.42 Å². The van der Waals surface area contributed by atoms with Crippen LogP contribution in [0.1, 0.15) is 32.6 Å². The first-order valence-electron chi connectivity index (χ1n) is 8.42. The van der Waals surface area contributed by atoms with Gasteiger partial charge in [0, 0.05) is 19.6 Å². The molecule has 0 spiro atoms. The molecule has 8 heteroatoms. The highest BCUT2D eigenvalue weighted by molar-refractivity contribution is 14.0. The molecule has 0 aromatic heterocycles. The number of hydrogen-bond donors (Lipinski definition) is 2. The van der Waals surface area contributed by atoms with E-state index in [4.69, 9.17) is 0 Å². The van der Waals surface area contributed by atoms with Crippen molar-refractivity contribution in [1.29, 1.82) is 0 Å². The van der Waals surface area contributed by atoms with Crippen LogP contribution in [0.15, 0.2) is 4.99 Å². The molecule has 0 aromatic rings. The molecule has 2 fully saturated rings. The predicted octanol–water partition coefficient (Wildman–Crippen LogP) is 1.08. The van der Waals surface area contributed by atoms with E-state index in [1.807, 2.05) is 0 Å². The first kappa shape index (κ1) is 21.0. The zero-order valence-electron chi connectivity index (χ0n) is 14.3. The summed E-state index contributed by atoms with van der Waals surface area (Å²) < 4.78 is 23.0. The second kappa shape index (κ2) is 10.0. The first-order chi connectivity index (χ1) is 10.5. The summed E-state index contributed by atoms with van der Waals surface area (Å²) in [7, 11) is -1.11. The van der Waals surface area contributed by atoms with Crippen molar-refractivity contribution in [3.63, 3.8) is 0 Å². The van der Waals surface area contributed by atoms with Gasteiger partial charge in [-0.3, -0.25) is 4.99 Å². The van der Waals surface area contributed by atoms with Crippen LogP contribution < -0.4 is 10.6 Å². The highest BCUT2D eigenvalue weighted by atomic mass is 127. The van der Waals surface area contributed by atoms with Crippen LogP contribution in [0.25, 0.3) is 0 Å². The zero-order valence-corrected chi connectivity index (χ0v) is 17.4. The van der Waals surface area contributed by atoms with Gasteiger partial charge in [0.2, 0.25) is 0 Å². The lowest BCUT2D eigenvalue weighted by atomic mass is 9.93. The SMILES string of the molecule is CCN1CCC(CCNC(=NC)NC2CCS(=O)(=O)C2)CC1.I. The Hall–Kier alpha value is -0.0900. The minimum atomic E-state index is -2.84. The Morgan fingerprint density at radius 1 is 1.26 bits per heavy atom. The maximum atomic E-state index is 11.5. The minimum Gasteiger partial charge on any atom is -0.356 e. The molecule has 2 heterocycles. The molecule has 1 unspecified atom stereocenters. The molecular weight excluding hydrogens is 427 g/mol. The van der Waals surface area contributed by atoms with Crippen molar-refractivity contribution in [2.24, 2.45) is 10.9 Å². The number of likely N-dealkylation sites (tertiary alicyclic amines) is 1. The summed E-state index contributed by atoms with van der Waals surface area (Å²) in [6.07, 6.45) is 4.39. The van der Waals surface area contributed by atoms with Gasteiger partial charge in [-0.25, -0.2) is 8.42 Å². The average molecular weight is 458 g/mol. The highest BCUT2D eigenvalue weighted by Crippen LogP contribution is 2.19. The third-order valence-corrected chi connectivity index (χ3v) is 6.56. The Bertz CT molecular complexity index is 476. The minimum absolute atomic E-state index is 0. The molecule has 2 rings (SSSR count). The summed E-state index contributed by atoms with van der Waals surface area (Å²) in [4.78, 5) is 6.70. The molecule has 0 bridgehead atoms. The maximum Gasteiger partial charge on any atom is 0.191 e. The number of guanidine groups is 1. The number of nitrogens with zero attached hydrogens (tertiary/aromatic N) is 2. The van der Waals surface area contributed by atoms with Crippen molar-refractivity contribution in [2.75, 3.05) is 44.7 Å². The largest absolute Gasteiger partial charge is 0.356 e. The second-order valence-corrected chi connectivity index (χ2v) is 8.64. The maximum absolute atomic E-state index is 11.5. The van der Waals surface area contributed by atoms with Crippen LogP contribution in [0.4, 0.5) is 0 Å². The van der Waals surface area contributed by atoms with Gasteiger partial charge in [-0.05, 0) is 51.2 Å². The van der Waals surface area contributed by atoms with Crippen molar-refractivity contribution in [1.82, 2.24) is 15.5 Å². The molecule has 1 atom stereocenters. The van der Waals surface area contributed by atoms with E-state index >= 15 is 0 Å². The Labute approximate surface area is 157 Å². The standard InChI is InChI=1S/C15H30N4O2S.HI/c1-3-19-9-5-13(6-10-19)4-8-17-15(16-2)18-14-7-11-22(20,21)12-14;/h13-14H,3-12H2,1-2H3,(H2,16,17,18);1H. The molecule has 0 saturated carbocycles. The Morgan fingerprint density at radius 2 is 1.96 bits per heavy atom. The molecule has 0 aromatic carbocycles. The average Bonchev–Trinajstić information content (AvgIpc) is 2.85. The van der Waals surface area contributed by atoms with E-state index in [1.54, 1.807) is 7.05 Å². The molecule has 2 saturated heterocycles. The number of halogens is 1. The molecule has 2 aliphatic rings. The number of hydrogen-bond acceptors (Lipinski definition) is 4. The van der Waals surface area contributed by atoms with Crippen LogP contribution >= 0.6 is 24.0 Å². The van der Waals surface area contributed by atoms with Crippen LogP contribution in [0.3, 0.4) is 0 Å². The number of sulfone groups is 1. The molecule has 23 heavy (non-hydrogen) atoms. The molecular formula is C15H31IN4O2S. The van der Waals surface area contributed by atoms with Crippen LogP contribution in [0, 0.1) is 5.92 Å². The fourth-order valence-corrected chi connectivity index (χ4v) is 4.96. The first-order valence-corrected chi connectivity index (χ1v) is 10.2.